The number of nitrogens with zero attached hydrogens (tertiary/aromatic N) is 2. The van der Waals surface area contributed by atoms with E-state index in [0.29, 0.717) is 5.75 Å². The number of thioether (sulfide) groups is 1. The van der Waals surface area contributed by atoms with Gasteiger partial charge in [-0.15, -0.1) is 0 Å². The van der Waals surface area contributed by atoms with E-state index < -0.39 is 6.10 Å². The van der Waals surface area contributed by atoms with Crippen LogP contribution in [0.1, 0.15) is 17.5 Å². The van der Waals surface area contributed by atoms with Crippen LogP contribution in [0.3, 0.4) is 0 Å². The molecule has 3 nitrogen and oxygen atoms in total. The lowest BCUT2D eigenvalue weighted by atomic mass is 10.1. The van der Waals surface area contributed by atoms with Gasteiger partial charge in [-0.25, -0.2) is 4.98 Å². The van der Waals surface area contributed by atoms with Crippen LogP contribution in [0.25, 0.3) is 0 Å². The largest absolute Gasteiger partial charge is 0.388 e. The predicted octanol–water partition coefficient (Wildman–Crippen LogP) is 2.67. The zero-order valence-electron chi connectivity index (χ0n) is 8.83. The van der Waals surface area contributed by atoms with Gasteiger partial charge < -0.3 is 5.11 Å². The van der Waals surface area contributed by atoms with Crippen LogP contribution < -0.4 is 0 Å². The van der Waals surface area contributed by atoms with E-state index >= 15 is 0 Å². The van der Waals surface area contributed by atoms with Crippen molar-refractivity contribution in [3.63, 3.8) is 0 Å². The first-order valence-corrected chi connectivity index (χ1v) is 6.68. The zero-order valence-corrected chi connectivity index (χ0v) is 10.5. The molecular weight excluding hydrogens is 240 g/mol. The molecule has 1 aromatic carbocycles. The fourth-order valence-electron chi connectivity index (χ4n) is 1.26. The Balaban J connectivity index is 1.91. The first-order valence-electron chi connectivity index (χ1n) is 4.92. The van der Waals surface area contributed by atoms with E-state index in [9.17, 15) is 5.11 Å². The van der Waals surface area contributed by atoms with Crippen LogP contribution in [-0.4, -0.2) is 20.2 Å². The molecule has 1 heterocycles. The second-order valence-electron chi connectivity index (χ2n) is 3.34. The Morgan fingerprint density at radius 3 is 2.75 bits per heavy atom. The van der Waals surface area contributed by atoms with Gasteiger partial charge in [0.1, 0.15) is 5.82 Å². The number of aliphatic hydroxyl groups is 1. The highest BCUT2D eigenvalue weighted by molar-refractivity contribution is 8.00. The molecule has 1 unspecified atom stereocenters. The van der Waals surface area contributed by atoms with Gasteiger partial charge in [0.2, 0.25) is 0 Å². The van der Waals surface area contributed by atoms with E-state index in [2.05, 4.69) is 9.36 Å². The van der Waals surface area contributed by atoms with Crippen molar-refractivity contribution in [2.75, 3.05) is 5.75 Å². The van der Waals surface area contributed by atoms with Gasteiger partial charge in [0.25, 0.3) is 0 Å². The number of aromatic nitrogens is 2. The Morgan fingerprint density at radius 1 is 1.38 bits per heavy atom. The van der Waals surface area contributed by atoms with E-state index in [1.54, 1.807) is 0 Å². The summed E-state index contributed by atoms with van der Waals surface area (Å²) in [6.45, 7) is 1.87. The minimum atomic E-state index is -0.449. The van der Waals surface area contributed by atoms with Crippen molar-refractivity contribution in [1.29, 1.82) is 0 Å². The standard InChI is InChI=1S/C11H12N2OS2/c1-8-12-11(16-13-8)15-7-10(14)9-5-3-2-4-6-9/h2-6,10,14H,7H2,1H3. The van der Waals surface area contributed by atoms with Crippen molar-refractivity contribution >= 4 is 23.3 Å². The highest BCUT2D eigenvalue weighted by Gasteiger charge is 2.09. The summed E-state index contributed by atoms with van der Waals surface area (Å²) in [7, 11) is 0. The Kier molecular flexibility index (Phi) is 3.93. The summed E-state index contributed by atoms with van der Waals surface area (Å²) in [5.41, 5.74) is 0.941. The molecule has 0 radical (unpaired) electrons. The van der Waals surface area contributed by atoms with Gasteiger partial charge in [-0.05, 0) is 24.0 Å². The lowest BCUT2D eigenvalue weighted by molar-refractivity contribution is 0.204. The number of benzene rings is 1. The average Bonchev–Trinajstić information content (AvgIpc) is 2.73. The van der Waals surface area contributed by atoms with Gasteiger partial charge in [0.05, 0.1) is 6.10 Å². The topological polar surface area (TPSA) is 46.0 Å². The van der Waals surface area contributed by atoms with Gasteiger partial charge in [0, 0.05) is 5.75 Å². The Bertz CT molecular complexity index is 444. The molecule has 0 aliphatic carbocycles. The summed E-state index contributed by atoms with van der Waals surface area (Å²) >= 11 is 2.92. The molecule has 0 amide bonds. The first kappa shape index (κ1) is 11.6. The summed E-state index contributed by atoms with van der Waals surface area (Å²) in [6.07, 6.45) is -0.449. The summed E-state index contributed by atoms with van der Waals surface area (Å²) in [6, 6.07) is 9.65. The average molecular weight is 252 g/mol. The molecule has 1 atom stereocenters. The van der Waals surface area contributed by atoms with Crippen molar-refractivity contribution in [2.45, 2.75) is 17.4 Å². The van der Waals surface area contributed by atoms with Crippen LogP contribution in [0.5, 0.6) is 0 Å². The van der Waals surface area contributed by atoms with Crippen molar-refractivity contribution in [1.82, 2.24) is 9.36 Å². The molecule has 0 bridgehead atoms. The summed E-state index contributed by atoms with van der Waals surface area (Å²) < 4.78 is 5.01. The van der Waals surface area contributed by atoms with E-state index in [4.69, 9.17) is 0 Å². The van der Waals surface area contributed by atoms with E-state index in [-0.39, 0.29) is 0 Å². The van der Waals surface area contributed by atoms with Crippen molar-refractivity contribution in [2.24, 2.45) is 0 Å². The summed E-state index contributed by atoms with van der Waals surface area (Å²) in [5, 5.41) is 9.92. The first-order chi connectivity index (χ1) is 7.75. The molecule has 0 saturated heterocycles. The molecule has 5 heteroatoms. The van der Waals surface area contributed by atoms with E-state index in [0.717, 1.165) is 15.7 Å². The van der Waals surface area contributed by atoms with E-state index in [1.807, 2.05) is 37.3 Å². The molecule has 0 aliphatic rings. The molecule has 0 fully saturated rings. The SMILES string of the molecule is Cc1nsc(SCC(O)c2ccccc2)n1. The molecule has 0 saturated carbocycles. The highest BCUT2D eigenvalue weighted by Crippen LogP contribution is 2.25. The van der Waals surface area contributed by atoms with Gasteiger partial charge >= 0.3 is 0 Å². The molecule has 16 heavy (non-hydrogen) atoms. The maximum absolute atomic E-state index is 9.92. The minimum absolute atomic E-state index is 0.449. The third-order valence-corrected chi connectivity index (χ3v) is 4.06. The molecule has 1 aromatic heterocycles. The molecular formula is C11H12N2OS2. The van der Waals surface area contributed by atoms with Crippen LogP contribution in [-0.2, 0) is 0 Å². The molecule has 0 aliphatic heterocycles. The Labute approximate surface area is 103 Å². The number of aryl methyl sites for hydroxylation is 1. The fourth-order valence-corrected chi connectivity index (χ4v) is 2.90. The molecule has 1 N–H and O–H groups in total. The molecule has 2 rings (SSSR count). The minimum Gasteiger partial charge on any atom is -0.388 e. The van der Waals surface area contributed by atoms with Crippen LogP contribution >= 0.6 is 23.3 Å². The molecule has 0 spiro atoms. The lowest BCUT2D eigenvalue weighted by Gasteiger charge is -2.08. The number of hydrogen-bond donors (Lipinski definition) is 1. The maximum atomic E-state index is 9.92. The highest BCUT2D eigenvalue weighted by atomic mass is 32.2. The quantitative estimate of drug-likeness (QED) is 0.850. The Hall–Kier alpha value is -0.910. The lowest BCUT2D eigenvalue weighted by Crippen LogP contribution is -1.99. The molecule has 2 aromatic rings. The third-order valence-electron chi connectivity index (χ3n) is 2.06. The van der Waals surface area contributed by atoms with Gasteiger partial charge in [0.15, 0.2) is 4.34 Å². The second kappa shape index (κ2) is 5.43. The van der Waals surface area contributed by atoms with Gasteiger partial charge in [-0.2, -0.15) is 4.37 Å². The van der Waals surface area contributed by atoms with Crippen LogP contribution in [0, 0.1) is 6.92 Å². The van der Waals surface area contributed by atoms with Crippen molar-refractivity contribution in [3.8, 4) is 0 Å². The van der Waals surface area contributed by atoms with Crippen LogP contribution in [0.4, 0.5) is 0 Å². The van der Waals surface area contributed by atoms with Gasteiger partial charge in [-0.3, -0.25) is 0 Å². The number of hydrogen-bond acceptors (Lipinski definition) is 5. The molecule has 84 valence electrons. The van der Waals surface area contributed by atoms with Crippen molar-refractivity contribution in [3.05, 3.63) is 41.7 Å². The maximum Gasteiger partial charge on any atom is 0.170 e. The van der Waals surface area contributed by atoms with Crippen LogP contribution in [0.15, 0.2) is 34.7 Å². The summed E-state index contributed by atoms with van der Waals surface area (Å²) in [5.74, 6) is 1.40. The second-order valence-corrected chi connectivity index (χ2v) is 5.36. The van der Waals surface area contributed by atoms with E-state index in [1.165, 1.54) is 23.3 Å². The Morgan fingerprint density at radius 2 is 2.12 bits per heavy atom. The van der Waals surface area contributed by atoms with Crippen LogP contribution in [0.2, 0.25) is 0 Å². The zero-order chi connectivity index (χ0) is 11.4. The monoisotopic (exact) mass is 252 g/mol. The summed E-state index contributed by atoms with van der Waals surface area (Å²) in [4.78, 5) is 4.24. The smallest absolute Gasteiger partial charge is 0.170 e. The normalized spacial score (nSPS) is 12.6. The number of aliphatic hydroxyl groups excluding tert-OH is 1. The number of rotatable bonds is 4. The predicted molar refractivity (Wildman–Crippen MR) is 66.8 cm³/mol. The fraction of sp³-hybridized carbons (Fsp3) is 0.273. The van der Waals surface area contributed by atoms with Crippen molar-refractivity contribution < 1.29 is 5.11 Å². The van der Waals surface area contributed by atoms with Gasteiger partial charge in [-0.1, -0.05) is 42.1 Å². The third kappa shape index (κ3) is 3.04.